The van der Waals surface area contributed by atoms with E-state index in [1.807, 2.05) is 0 Å². The van der Waals surface area contributed by atoms with Gasteiger partial charge in [0.25, 0.3) is 5.91 Å². The second-order valence-corrected chi connectivity index (χ2v) is 4.41. The first kappa shape index (κ1) is 15.9. The van der Waals surface area contributed by atoms with Crippen LogP contribution in [0.1, 0.15) is 16.1 Å². The van der Waals surface area contributed by atoms with Gasteiger partial charge in [0.1, 0.15) is 5.75 Å². The summed E-state index contributed by atoms with van der Waals surface area (Å²) < 4.78 is 10.4. The number of benzene rings is 1. The summed E-state index contributed by atoms with van der Waals surface area (Å²) in [6.07, 6.45) is 1.58. The molecule has 1 heterocycles. The van der Waals surface area contributed by atoms with Gasteiger partial charge in [-0.2, -0.15) is 4.98 Å². The van der Waals surface area contributed by atoms with Crippen molar-refractivity contribution in [1.82, 2.24) is 15.3 Å². The van der Waals surface area contributed by atoms with Gasteiger partial charge in [-0.05, 0) is 24.3 Å². The molecule has 0 atom stereocenters. The zero-order chi connectivity index (χ0) is 15.8. The second kappa shape index (κ2) is 8.06. The van der Waals surface area contributed by atoms with Crippen molar-refractivity contribution in [2.24, 2.45) is 5.73 Å². The number of nitrogens with two attached hydrogens (primary N) is 1. The highest BCUT2D eigenvalue weighted by Gasteiger charge is 2.08. The molecule has 0 aliphatic rings. The van der Waals surface area contributed by atoms with E-state index in [2.05, 4.69) is 15.3 Å². The van der Waals surface area contributed by atoms with Crippen LogP contribution in [0.25, 0.3) is 0 Å². The fraction of sp³-hybridized carbons (Fsp3) is 0.267. The molecule has 2 aromatic rings. The molecule has 1 amide bonds. The number of hydrogen-bond acceptors (Lipinski definition) is 6. The lowest BCUT2D eigenvalue weighted by Gasteiger charge is -2.07. The van der Waals surface area contributed by atoms with Gasteiger partial charge in [0.2, 0.25) is 0 Å². The third kappa shape index (κ3) is 4.51. The summed E-state index contributed by atoms with van der Waals surface area (Å²) in [7, 11) is 1.58. The Bertz CT molecular complexity index is 634. The molecule has 0 unspecified atom stereocenters. The highest BCUT2D eigenvalue weighted by atomic mass is 16.5. The first-order valence-electron chi connectivity index (χ1n) is 6.80. The number of amides is 1. The highest BCUT2D eigenvalue weighted by molar-refractivity contribution is 5.94. The van der Waals surface area contributed by atoms with E-state index < -0.39 is 0 Å². The largest absolute Gasteiger partial charge is 0.424 e. The summed E-state index contributed by atoms with van der Waals surface area (Å²) in [5, 5.41) is 2.74. The molecule has 0 aliphatic carbocycles. The van der Waals surface area contributed by atoms with Gasteiger partial charge in [0.05, 0.1) is 12.3 Å². The van der Waals surface area contributed by atoms with Gasteiger partial charge in [0, 0.05) is 32.0 Å². The van der Waals surface area contributed by atoms with Crippen molar-refractivity contribution >= 4 is 5.91 Å². The third-order valence-corrected chi connectivity index (χ3v) is 2.80. The Balaban J connectivity index is 2.06. The van der Waals surface area contributed by atoms with E-state index in [4.69, 9.17) is 15.2 Å². The lowest BCUT2D eigenvalue weighted by Crippen LogP contribution is -2.26. The molecular formula is C15H18N4O3. The SMILES string of the molecule is COCCNC(=O)c1cccc(Oc2nccc(CN)n2)c1. The van der Waals surface area contributed by atoms with E-state index in [1.165, 1.54) is 0 Å². The van der Waals surface area contributed by atoms with Gasteiger partial charge in [-0.25, -0.2) is 4.98 Å². The predicted octanol–water partition coefficient (Wildman–Crippen LogP) is 1.10. The Hall–Kier alpha value is -2.51. The van der Waals surface area contributed by atoms with Crippen molar-refractivity contribution < 1.29 is 14.3 Å². The predicted molar refractivity (Wildman–Crippen MR) is 80.6 cm³/mol. The zero-order valence-electron chi connectivity index (χ0n) is 12.3. The average molecular weight is 302 g/mol. The van der Waals surface area contributed by atoms with Crippen LogP contribution in [-0.4, -0.2) is 36.1 Å². The summed E-state index contributed by atoms with van der Waals surface area (Å²) >= 11 is 0. The van der Waals surface area contributed by atoms with Crippen LogP contribution in [0.2, 0.25) is 0 Å². The van der Waals surface area contributed by atoms with Crippen LogP contribution in [0.4, 0.5) is 0 Å². The number of carbonyl (C=O) groups is 1. The zero-order valence-corrected chi connectivity index (χ0v) is 12.3. The van der Waals surface area contributed by atoms with E-state index in [0.717, 1.165) is 0 Å². The minimum atomic E-state index is -0.195. The minimum Gasteiger partial charge on any atom is -0.424 e. The molecule has 22 heavy (non-hydrogen) atoms. The minimum absolute atomic E-state index is 0.194. The number of ether oxygens (including phenoxy) is 2. The van der Waals surface area contributed by atoms with Crippen molar-refractivity contribution in [3.63, 3.8) is 0 Å². The molecule has 1 aromatic heterocycles. The number of carbonyl (C=O) groups excluding carboxylic acids is 1. The molecule has 0 spiro atoms. The lowest BCUT2D eigenvalue weighted by atomic mass is 10.2. The smallest absolute Gasteiger partial charge is 0.322 e. The molecule has 0 aliphatic heterocycles. The van der Waals surface area contributed by atoms with Crippen LogP contribution >= 0.6 is 0 Å². The first-order chi connectivity index (χ1) is 10.7. The molecule has 116 valence electrons. The molecule has 0 bridgehead atoms. The third-order valence-electron chi connectivity index (χ3n) is 2.80. The van der Waals surface area contributed by atoms with Gasteiger partial charge in [-0.1, -0.05) is 6.07 Å². The fourth-order valence-corrected chi connectivity index (χ4v) is 1.71. The van der Waals surface area contributed by atoms with Gasteiger partial charge in [-0.3, -0.25) is 4.79 Å². The molecule has 0 fully saturated rings. The summed E-state index contributed by atoms with van der Waals surface area (Å²) in [5.41, 5.74) is 6.69. The molecule has 0 saturated carbocycles. The maximum Gasteiger partial charge on any atom is 0.322 e. The molecule has 2 rings (SSSR count). The van der Waals surface area contributed by atoms with Crippen molar-refractivity contribution in [2.45, 2.75) is 6.54 Å². The summed E-state index contributed by atoms with van der Waals surface area (Å²) in [4.78, 5) is 20.1. The van der Waals surface area contributed by atoms with Gasteiger partial charge in [-0.15, -0.1) is 0 Å². The number of methoxy groups -OCH3 is 1. The van der Waals surface area contributed by atoms with Crippen molar-refractivity contribution in [3.05, 3.63) is 47.8 Å². The van der Waals surface area contributed by atoms with E-state index in [1.54, 1.807) is 43.6 Å². The molecule has 7 heteroatoms. The molecule has 0 saturated heterocycles. The Labute approximate surface area is 128 Å². The molecule has 7 nitrogen and oxygen atoms in total. The number of nitrogens with zero attached hydrogens (tertiary/aromatic N) is 2. The monoisotopic (exact) mass is 302 g/mol. The van der Waals surface area contributed by atoms with Gasteiger partial charge < -0.3 is 20.5 Å². The van der Waals surface area contributed by atoms with E-state index in [0.29, 0.717) is 36.7 Å². The van der Waals surface area contributed by atoms with Crippen LogP contribution < -0.4 is 15.8 Å². The lowest BCUT2D eigenvalue weighted by molar-refractivity contribution is 0.0937. The Morgan fingerprint density at radius 2 is 2.23 bits per heavy atom. The Morgan fingerprint density at radius 3 is 3.00 bits per heavy atom. The number of nitrogens with one attached hydrogen (secondary N) is 1. The Morgan fingerprint density at radius 1 is 1.36 bits per heavy atom. The van der Waals surface area contributed by atoms with Crippen molar-refractivity contribution in [3.8, 4) is 11.8 Å². The van der Waals surface area contributed by atoms with Crippen molar-refractivity contribution in [1.29, 1.82) is 0 Å². The van der Waals surface area contributed by atoms with Gasteiger partial charge >= 0.3 is 6.01 Å². The molecule has 1 aromatic carbocycles. The molecule has 3 N–H and O–H groups in total. The van der Waals surface area contributed by atoms with E-state index in [9.17, 15) is 4.79 Å². The summed E-state index contributed by atoms with van der Waals surface area (Å²) in [5.74, 6) is 0.285. The quantitative estimate of drug-likeness (QED) is 0.743. The van der Waals surface area contributed by atoms with Crippen LogP contribution in [-0.2, 0) is 11.3 Å². The van der Waals surface area contributed by atoms with Crippen LogP contribution in [0.5, 0.6) is 11.8 Å². The highest BCUT2D eigenvalue weighted by Crippen LogP contribution is 2.19. The van der Waals surface area contributed by atoms with Crippen LogP contribution in [0.15, 0.2) is 36.5 Å². The number of aromatic nitrogens is 2. The average Bonchev–Trinajstić information content (AvgIpc) is 2.55. The maximum absolute atomic E-state index is 12.0. The second-order valence-electron chi connectivity index (χ2n) is 4.41. The number of rotatable bonds is 7. The van der Waals surface area contributed by atoms with Crippen LogP contribution in [0.3, 0.4) is 0 Å². The Kier molecular flexibility index (Phi) is 5.81. The normalized spacial score (nSPS) is 10.3. The topological polar surface area (TPSA) is 99.4 Å². The van der Waals surface area contributed by atoms with E-state index in [-0.39, 0.29) is 11.9 Å². The summed E-state index contributed by atoms with van der Waals surface area (Å²) in [6, 6.07) is 8.69. The van der Waals surface area contributed by atoms with E-state index >= 15 is 0 Å². The standard InChI is InChI=1S/C15H18N4O3/c1-21-8-7-17-14(20)11-3-2-4-13(9-11)22-15-18-6-5-12(10-16)19-15/h2-6,9H,7-8,10,16H2,1H3,(H,17,20). The van der Waals surface area contributed by atoms with Crippen LogP contribution in [0, 0.1) is 0 Å². The number of hydrogen-bond donors (Lipinski definition) is 2. The molecular weight excluding hydrogens is 284 g/mol. The summed E-state index contributed by atoms with van der Waals surface area (Å²) in [6.45, 7) is 1.21. The fourth-order valence-electron chi connectivity index (χ4n) is 1.71. The molecule has 0 radical (unpaired) electrons. The maximum atomic E-state index is 12.0. The van der Waals surface area contributed by atoms with Gasteiger partial charge in [0.15, 0.2) is 0 Å². The first-order valence-corrected chi connectivity index (χ1v) is 6.80. The van der Waals surface area contributed by atoms with Crippen molar-refractivity contribution in [2.75, 3.05) is 20.3 Å².